The lowest BCUT2D eigenvalue weighted by Crippen LogP contribution is -2.50. The average molecular weight is 253 g/mol. The van der Waals surface area contributed by atoms with Crippen molar-refractivity contribution in [2.75, 3.05) is 11.9 Å². The molecule has 0 atom stereocenters. The highest BCUT2D eigenvalue weighted by Gasteiger charge is 2.21. The highest BCUT2D eigenvalue weighted by atomic mass is 19.1. The maximum absolute atomic E-state index is 12.6. The summed E-state index contributed by atoms with van der Waals surface area (Å²) in [5.41, 5.74) is 4.98. The summed E-state index contributed by atoms with van der Waals surface area (Å²) in [4.78, 5) is 22.9. The van der Waals surface area contributed by atoms with E-state index in [4.69, 9.17) is 5.73 Å². The van der Waals surface area contributed by atoms with E-state index in [9.17, 15) is 14.0 Å². The number of halogens is 1. The number of hydrogen-bond acceptors (Lipinski definition) is 3. The van der Waals surface area contributed by atoms with Gasteiger partial charge in [0.05, 0.1) is 12.1 Å². The predicted octanol–water partition coefficient (Wildman–Crippen LogP) is 0.618. The molecule has 0 aliphatic heterocycles. The molecule has 1 rings (SSSR count). The molecule has 0 aromatic heterocycles. The van der Waals surface area contributed by atoms with Crippen LogP contribution in [0.4, 0.5) is 10.1 Å². The van der Waals surface area contributed by atoms with Gasteiger partial charge in [0.2, 0.25) is 11.8 Å². The van der Waals surface area contributed by atoms with Crippen LogP contribution in [0.25, 0.3) is 0 Å². The Balaban J connectivity index is 2.43. The van der Waals surface area contributed by atoms with E-state index in [1.807, 2.05) is 0 Å². The molecule has 0 aliphatic carbocycles. The Morgan fingerprint density at radius 2 is 1.83 bits per heavy atom. The second-order valence-electron chi connectivity index (χ2n) is 4.46. The van der Waals surface area contributed by atoms with Crippen molar-refractivity contribution >= 4 is 17.5 Å². The Hall–Kier alpha value is -1.95. The number of rotatable bonds is 4. The van der Waals surface area contributed by atoms with Gasteiger partial charge >= 0.3 is 0 Å². The first-order chi connectivity index (χ1) is 8.29. The molecule has 1 aromatic carbocycles. The zero-order valence-electron chi connectivity index (χ0n) is 10.3. The topological polar surface area (TPSA) is 84.2 Å². The number of carbonyl (C=O) groups excluding carboxylic acids is 2. The molecule has 1 aromatic rings. The van der Waals surface area contributed by atoms with Gasteiger partial charge in [-0.25, -0.2) is 4.39 Å². The van der Waals surface area contributed by atoms with Crippen LogP contribution in [0.1, 0.15) is 13.8 Å². The average Bonchev–Trinajstić information content (AvgIpc) is 2.28. The van der Waals surface area contributed by atoms with E-state index in [2.05, 4.69) is 10.6 Å². The van der Waals surface area contributed by atoms with Crippen LogP contribution in [-0.4, -0.2) is 23.9 Å². The number of carbonyl (C=O) groups is 2. The fourth-order valence-corrected chi connectivity index (χ4v) is 1.13. The fraction of sp³-hybridized carbons (Fsp3) is 0.333. The first kappa shape index (κ1) is 14.1. The molecule has 5 nitrogen and oxygen atoms in total. The summed E-state index contributed by atoms with van der Waals surface area (Å²) < 4.78 is 12.6. The third-order valence-electron chi connectivity index (χ3n) is 2.12. The smallest absolute Gasteiger partial charge is 0.243 e. The van der Waals surface area contributed by atoms with Crippen molar-refractivity contribution in [3.8, 4) is 0 Å². The van der Waals surface area contributed by atoms with E-state index in [-0.39, 0.29) is 12.4 Å². The molecule has 0 saturated heterocycles. The first-order valence-corrected chi connectivity index (χ1v) is 5.41. The summed E-state index contributed by atoms with van der Waals surface area (Å²) in [5, 5.41) is 4.92. The van der Waals surface area contributed by atoms with Crippen LogP contribution in [0.5, 0.6) is 0 Å². The van der Waals surface area contributed by atoms with Crippen LogP contribution in [0.15, 0.2) is 24.3 Å². The lowest BCUT2D eigenvalue weighted by Gasteiger charge is -2.17. The number of anilines is 1. The van der Waals surface area contributed by atoms with Crippen molar-refractivity contribution < 1.29 is 14.0 Å². The summed E-state index contributed by atoms with van der Waals surface area (Å²) in [7, 11) is 0. The molecule has 0 radical (unpaired) electrons. The summed E-state index contributed by atoms with van der Waals surface area (Å²) in [5.74, 6) is -1.21. The van der Waals surface area contributed by atoms with Gasteiger partial charge < -0.3 is 16.4 Å². The molecule has 0 unspecified atom stereocenters. The van der Waals surface area contributed by atoms with E-state index < -0.39 is 17.4 Å². The molecule has 0 bridgehead atoms. The second-order valence-corrected chi connectivity index (χ2v) is 4.46. The van der Waals surface area contributed by atoms with Crippen molar-refractivity contribution in [3.05, 3.63) is 30.1 Å². The molecule has 6 heteroatoms. The number of amides is 2. The highest BCUT2D eigenvalue weighted by molar-refractivity contribution is 5.95. The predicted molar refractivity (Wildman–Crippen MR) is 66.3 cm³/mol. The maximum Gasteiger partial charge on any atom is 0.243 e. The SMILES string of the molecule is CC(C)(N)C(=O)NCC(=O)Nc1ccc(F)cc1. The fourth-order valence-electron chi connectivity index (χ4n) is 1.13. The van der Waals surface area contributed by atoms with Crippen molar-refractivity contribution in [3.63, 3.8) is 0 Å². The molecule has 0 saturated carbocycles. The lowest BCUT2D eigenvalue weighted by molar-refractivity contribution is -0.127. The highest BCUT2D eigenvalue weighted by Crippen LogP contribution is 2.07. The Kier molecular flexibility index (Phi) is 4.38. The largest absolute Gasteiger partial charge is 0.345 e. The van der Waals surface area contributed by atoms with Crippen LogP contribution in [-0.2, 0) is 9.59 Å². The number of benzene rings is 1. The third kappa shape index (κ3) is 4.50. The molecule has 2 amide bonds. The van der Waals surface area contributed by atoms with E-state index in [1.54, 1.807) is 13.8 Å². The number of nitrogens with one attached hydrogen (secondary N) is 2. The minimum atomic E-state index is -1.03. The molecule has 0 heterocycles. The molecular weight excluding hydrogens is 237 g/mol. The molecule has 0 spiro atoms. The Bertz CT molecular complexity index is 438. The molecule has 4 N–H and O–H groups in total. The van der Waals surface area contributed by atoms with Gasteiger partial charge in [0, 0.05) is 5.69 Å². The minimum Gasteiger partial charge on any atom is -0.345 e. The summed E-state index contributed by atoms with van der Waals surface area (Å²) >= 11 is 0. The van der Waals surface area contributed by atoms with Crippen molar-refractivity contribution in [1.29, 1.82) is 0 Å². The lowest BCUT2D eigenvalue weighted by atomic mass is 10.1. The summed E-state index contributed by atoms with van der Waals surface area (Å²) in [6, 6.07) is 5.33. The van der Waals surface area contributed by atoms with Gasteiger partial charge in [-0.05, 0) is 38.1 Å². The van der Waals surface area contributed by atoms with Crippen molar-refractivity contribution in [1.82, 2.24) is 5.32 Å². The summed E-state index contributed by atoms with van der Waals surface area (Å²) in [6.07, 6.45) is 0. The molecule has 0 aliphatic rings. The summed E-state index contributed by atoms with van der Waals surface area (Å²) in [6.45, 7) is 2.90. The van der Waals surface area contributed by atoms with Crippen LogP contribution in [0.2, 0.25) is 0 Å². The van der Waals surface area contributed by atoms with Gasteiger partial charge in [0.1, 0.15) is 5.82 Å². The van der Waals surface area contributed by atoms with Crippen LogP contribution < -0.4 is 16.4 Å². The van der Waals surface area contributed by atoms with E-state index in [0.29, 0.717) is 5.69 Å². The van der Waals surface area contributed by atoms with Gasteiger partial charge in [-0.3, -0.25) is 9.59 Å². The van der Waals surface area contributed by atoms with Crippen LogP contribution >= 0.6 is 0 Å². The first-order valence-electron chi connectivity index (χ1n) is 5.41. The Morgan fingerprint density at radius 1 is 1.28 bits per heavy atom. The van der Waals surface area contributed by atoms with Crippen LogP contribution in [0, 0.1) is 5.82 Å². The van der Waals surface area contributed by atoms with E-state index in [1.165, 1.54) is 24.3 Å². The van der Waals surface area contributed by atoms with Crippen LogP contribution in [0.3, 0.4) is 0 Å². The van der Waals surface area contributed by atoms with Gasteiger partial charge in [-0.2, -0.15) is 0 Å². The molecule has 18 heavy (non-hydrogen) atoms. The van der Waals surface area contributed by atoms with E-state index >= 15 is 0 Å². The third-order valence-corrected chi connectivity index (χ3v) is 2.12. The molecule has 0 fully saturated rings. The second kappa shape index (κ2) is 5.59. The van der Waals surface area contributed by atoms with Crippen molar-refractivity contribution in [2.24, 2.45) is 5.73 Å². The molecule has 98 valence electrons. The zero-order valence-corrected chi connectivity index (χ0v) is 10.3. The Morgan fingerprint density at radius 3 is 2.33 bits per heavy atom. The van der Waals surface area contributed by atoms with Gasteiger partial charge in [0.15, 0.2) is 0 Å². The van der Waals surface area contributed by atoms with Gasteiger partial charge in [0.25, 0.3) is 0 Å². The van der Waals surface area contributed by atoms with Gasteiger partial charge in [-0.15, -0.1) is 0 Å². The monoisotopic (exact) mass is 253 g/mol. The standard InChI is InChI=1S/C12H16FN3O2/c1-12(2,14)11(18)15-7-10(17)16-9-5-3-8(13)4-6-9/h3-6H,7,14H2,1-2H3,(H,15,18)(H,16,17). The normalized spacial score (nSPS) is 10.9. The van der Waals surface area contributed by atoms with Crippen molar-refractivity contribution in [2.45, 2.75) is 19.4 Å². The van der Waals surface area contributed by atoms with Gasteiger partial charge in [-0.1, -0.05) is 0 Å². The number of hydrogen-bond donors (Lipinski definition) is 3. The Labute approximate surface area is 105 Å². The van der Waals surface area contributed by atoms with E-state index in [0.717, 1.165) is 0 Å². The number of nitrogens with two attached hydrogens (primary N) is 1. The minimum absolute atomic E-state index is 0.184. The quantitative estimate of drug-likeness (QED) is 0.735. The molecular formula is C12H16FN3O2. The maximum atomic E-state index is 12.6. The zero-order chi connectivity index (χ0) is 13.8.